The zero-order valence-electron chi connectivity index (χ0n) is 16.5. The Kier molecular flexibility index (Phi) is 6.52. The van der Waals surface area contributed by atoms with Gasteiger partial charge in [0, 0.05) is 38.4 Å². The normalized spacial score (nSPS) is 11.0. The lowest BCUT2D eigenvalue weighted by Gasteiger charge is -2.12. The number of anilines is 1. The van der Waals surface area contributed by atoms with Gasteiger partial charge in [0.1, 0.15) is 5.78 Å². The minimum absolute atomic E-state index is 0.133. The first-order valence-corrected chi connectivity index (χ1v) is 10.3. The fourth-order valence-electron chi connectivity index (χ4n) is 2.91. The molecule has 0 saturated carbocycles. The second-order valence-corrected chi connectivity index (χ2v) is 8.20. The number of aromatic nitrogens is 2. The van der Waals surface area contributed by atoms with E-state index in [2.05, 4.69) is 9.97 Å². The van der Waals surface area contributed by atoms with E-state index in [4.69, 9.17) is 0 Å². The molecule has 0 aliphatic rings. The summed E-state index contributed by atoms with van der Waals surface area (Å²) >= 11 is 1.48. The fraction of sp³-hybridized carbons (Fsp3) is 0.318. The van der Waals surface area contributed by atoms with Crippen molar-refractivity contribution in [1.82, 2.24) is 9.97 Å². The van der Waals surface area contributed by atoms with Gasteiger partial charge in [0.25, 0.3) is 5.56 Å². The Balaban J connectivity index is 1.53. The van der Waals surface area contributed by atoms with Crippen LogP contribution in [-0.4, -0.2) is 35.6 Å². The molecule has 6 heteroatoms. The van der Waals surface area contributed by atoms with Crippen LogP contribution >= 0.6 is 11.8 Å². The van der Waals surface area contributed by atoms with Crippen LogP contribution in [0.5, 0.6) is 0 Å². The Hall–Kier alpha value is -2.60. The number of ketones is 1. The lowest BCUT2D eigenvalue weighted by molar-refractivity contribution is -0.118. The molecule has 0 aliphatic carbocycles. The van der Waals surface area contributed by atoms with Gasteiger partial charge in [-0.25, -0.2) is 4.98 Å². The SMILES string of the molecule is Cc1ccc(CC(=O)CCCSc2nc3ccc(N(C)C)cc3c(=O)[nH]2)cc1. The molecule has 0 amide bonds. The summed E-state index contributed by atoms with van der Waals surface area (Å²) in [5, 5.41) is 1.19. The first-order valence-electron chi connectivity index (χ1n) is 9.34. The monoisotopic (exact) mass is 395 g/mol. The van der Waals surface area contributed by atoms with Crippen LogP contribution in [0, 0.1) is 6.92 Å². The van der Waals surface area contributed by atoms with Gasteiger partial charge < -0.3 is 9.88 Å². The van der Waals surface area contributed by atoms with Crippen molar-refractivity contribution in [1.29, 1.82) is 0 Å². The lowest BCUT2D eigenvalue weighted by Crippen LogP contribution is -2.12. The molecule has 28 heavy (non-hydrogen) atoms. The molecule has 0 bridgehead atoms. The number of nitrogens with one attached hydrogen (secondary N) is 1. The molecule has 0 fully saturated rings. The maximum absolute atomic E-state index is 12.4. The van der Waals surface area contributed by atoms with Gasteiger partial charge in [-0.05, 0) is 37.1 Å². The highest BCUT2D eigenvalue weighted by Crippen LogP contribution is 2.20. The molecule has 146 valence electrons. The summed E-state index contributed by atoms with van der Waals surface area (Å²) in [4.78, 5) is 33.8. The Morgan fingerprint density at radius 3 is 2.61 bits per heavy atom. The van der Waals surface area contributed by atoms with Crippen LogP contribution in [-0.2, 0) is 11.2 Å². The van der Waals surface area contributed by atoms with E-state index in [0.29, 0.717) is 28.9 Å². The van der Waals surface area contributed by atoms with Crippen molar-refractivity contribution < 1.29 is 4.79 Å². The Morgan fingerprint density at radius 2 is 1.89 bits per heavy atom. The third kappa shape index (κ3) is 5.23. The highest BCUT2D eigenvalue weighted by molar-refractivity contribution is 7.99. The van der Waals surface area contributed by atoms with Crippen LogP contribution in [0.25, 0.3) is 10.9 Å². The topological polar surface area (TPSA) is 66.1 Å². The van der Waals surface area contributed by atoms with Crippen LogP contribution in [0.2, 0.25) is 0 Å². The van der Waals surface area contributed by atoms with Crippen LogP contribution in [0.4, 0.5) is 5.69 Å². The molecule has 0 unspecified atom stereocenters. The molecule has 1 aromatic heterocycles. The number of aryl methyl sites for hydroxylation is 1. The van der Waals surface area contributed by atoms with Gasteiger partial charge >= 0.3 is 0 Å². The average molecular weight is 396 g/mol. The van der Waals surface area contributed by atoms with Gasteiger partial charge in [0.15, 0.2) is 5.16 Å². The Bertz CT molecular complexity index is 1030. The van der Waals surface area contributed by atoms with Crippen LogP contribution in [0.15, 0.2) is 52.4 Å². The molecule has 0 radical (unpaired) electrons. The summed E-state index contributed by atoms with van der Waals surface area (Å²) in [7, 11) is 3.88. The first kappa shape index (κ1) is 20.1. The largest absolute Gasteiger partial charge is 0.378 e. The highest BCUT2D eigenvalue weighted by Gasteiger charge is 2.08. The van der Waals surface area contributed by atoms with Crippen LogP contribution < -0.4 is 10.5 Å². The van der Waals surface area contributed by atoms with E-state index >= 15 is 0 Å². The second kappa shape index (κ2) is 9.06. The zero-order valence-corrected chi connectivity index (χ0v) is 17.3. The summed E-state index contributed by atoms with van der Waals surface area (Å²) in [6, 6.07) is 13.7. The first-order chi connectivity index (χ1) is 13.4. The molecule has 0 spiro atoms. The van der Waals surface area contributed by atoms with E-state index in [9.17, 15) is 9.59 Å². The number of hydrogen-bond donors (Lipinski definition) is 1. The third-order valence-corrected chi connectivity index (χ3v) is 5.50. The van der Waals surface area contributed by atoms with Gasteiger partial charge in [-0.2, -0.15) is 0 Å². The number of H-pyrrole nitrogens is 1. The summed E-state index contributed by atoms with van der Waals surface area (Å²) < 4.78 is 0. The zero-order chi connectivity index (χ0) is 20.1. The number of thioether (sulfide) groups is 1. The number of nitrogens with zero attached hydrogens (tertiary/aromatic N) is 2. The fourth-order valence-corrected chi connectivity index (χ4v) is 3.72. The molecular formula is C22H25N3O2S. The van der Waals surface area contributed by atoms with Crippen molar-refractivity contribution in [3.63, 3.8) is 0 Å². The summed E-state index contributed by atoms with van der Waals surface area (Å²) in [6.07, 6.45) is 1.77. The van der Waals surface area contributed by atoms with E-state index in [1.54, 1.807) is 0 Å². The third-order valence-electron chi connectivity index (χ3n) is 4.54. The quantitative estimate of drug-likeness (QED) is 0.355. The van der Waals surface area contributed by atoms with Crippen LogP contribution in [0.3, 0.4) is 0 Å². The molecule has 0 aliphatic heterocycles. The smallest absolute Gasteiger partial charge is 0.259 e. The number of hydrogen-bond acceptors (Lipinski definition) is 5. The Morgan fingerprint density at radius 1 is 1.14 bits per heavy atom. The highest BCUT2D eigenvalue weighted by atomic mass is 32.2. The molecule has 3 aromatic rings. The van der Waals surface area contributed by atoms with Gasteiger partial charge in [-0.1, -0.05) is 41.6 Å². The average Bonchev–Trinajstić information content (AvgIpc) is 2.67. The van der Waals surface area contributed by atoms with E-state index in [1.807, 2.05) is 68.4 Å². The predicted molar refractivity (Wildman–Crippen MR) is 117 cm³/mol. The van der Waals surface area contributed by atoms with Gasteiger partial charge in [0.05, 0.1) is 10.9 Å². The van der Waals surface area contributed by atoms with Crippen molar-refractivity contribution in [3.8, 4) is 0 Å². The molecule has 0 saturated heterocycles. The van der Waals surface area contributed by atoms with Crippen molar-refractivity contribution in [2.75, 3.05) is 24.7 Å². The second-order valence-electron chi connectivity index (χ2n) is 7.12. The van der Waals surface area contributed by atoms with Gasteiger partial charge in [0.2, 0.25) is 0 Å². The van der Waals surface area contributed by atoms with E-state index in [1.165, 1.54) is 17.3 Å². The number of Topliss-reactive ketones (excluding diaryl/α,β-unsaturated/α-hetero) is 1. The van der Waals surface area contributed by atoms with E-state index in [-0.39, 0.29) is 11.3 Å². The maximum atomic E-state index is 12.4. The minimum atomic E-state index is -0.133. The minimum Gasteiger partial charge on any atom is -0.378 e. The molecule has 2 aromatic carbocycles. The van der Waals surface area contributed by atoms with Crippen molar-refractivity contribution in [3.05, 3.63) is 63.9 Å². The number of aromatic amines is 1. The summed E-state index contributed by atoms with van der Waals surface area (Å²) in [5.74, 6) is 0.977. The van der Waals surface area contributed by atoms with Crippen molar-refractivity contribution in [2.45, 2.75) is 31.3 Å². The standard InChI is InChI=1S/C22H25N3O2S/c1-15-6-8-16(9-7-15)13-18(26)5-4-12-28-22-23-20-11-10-17(25(2)3)14-19(20)21(27)24-22/h6-11,14H,4-5,12-13H2,1-3H3,(H,23,24,27). The molecule has 1 heterocycles. The van der Waals surface area contributed by atoms with Crippen molar-refractivity contribution in [2.24, 2.45) is 0 Å². The number of fused-ring (bicyclic) bond motifs is 1. The van der Waals surface area contributed by atoms with Crippen LogP contribution in [0.1, 0.15) is 24.0 Å². The lowest BCUT2D eigenvalue weighted by atomic mass is 10.0. The molecule has 5 nitrogen and oxygen atoms in total. The Labute approximate surface area is 169 Å². The van der Waals surface area contributed by atoms with Gasteiger partial charge in [-0.15, -0.1) is 0 Å². The summed E-state index contributed by atoms with van der Waals surface area (Å²) in [5.41, 5.74) is 3.77. The van der Waals surface area contributed by atoms with Crippen molar-refractivity contribution >= 4 is 34.1 Å². The number of rotatable bonds is 8. The van der Waals surface area contributed by atoms with E-state index in [0.717, 1.165) is 23.4 Å². The predicted octanol–water partition coefficient (Wildman–Crippen LogP) is 3.98. The van der Waals surface area contributed by atoms with E-state index < -0.39 is 0 Å². The molecule has 3 rings (SSSR count). The number of carbonyl (C=O) groups excluding carboxylic acids is 1. The number of carbonyl (C=O) groups is 1. The molecule has 1 N–H and O–H groups in total. The number of benzene rings is 2. The molecular weight excluding hydrogens is 370 g/mol. The molecule has 0 atom stereocenters. The maximum Gasteiger partial charge on any atom is 0.259 e. The summed E-state index contributed by atoms with van der Waals surface area (Å²) in [6.45, 7) is 2.04. The van der Waals surface area contributed by atoms with Gasteiger partial charge in [-0.3, -0.25) is 9.59 Å².